The molecule has 2 rings (SSSR count). The van der Waals surface area contributed by atoms with Crippen LogP contribution in [0.2, 0.25) is 0 Å². The van der Waals surface area contributed by atoms with Crippen molar-refractivity contribution in [3.05, 3.63) is 58.7 Å². The van der Waals surface area contributed by atoms with E-state index >= 15 is 0 Å². The quantitative estimate of drug-likeness (QED) is 0.552. The molecule has 0 fully saturated rings. The molecule has 0 unspecified atom stereocenters. The highest BCUT2D eigenvalue weighted by molar-refractivity contribution is 8.08. The third kappa shape index (κ3) is 4.57. The fourth-order valence-corrected chi connectivity index (χ4v) is 2.37. The molecule has 24 heavy (non-hydrogen) atoms. The average molecular weight is 367 g/mol. The van der Waals surface area contributed by atoms with Crippen molar-refractivity contribution in [2.24, 2.45) is 0 Å². The molecule has 124 valence electrons. The first-order valence-electron chi connectivity index (χ1n) is 7.95. The molecule has 2 aromatic rings. The molecule has 0 spiro atoms. The molecule has 1 aromatic heterocycles. The number of aromatic nitrogens is 1. The summed E-state index contributed by atoms with van der Waals surface area (Å²) in [5.41, 5.74) is 1.68. The average Bonchev–Trinajstić information content (AvgIpc) is 2.64. The van der Waals surface area contributed by atoms with Gasteiger partial charge in [0, 0.05) is 19.6 Å². The fraction of sp³-hybridized carbons (Fsp3) is 0.200. The summed E-state index contributed by atoms with van der Waals surface area (Å²) in [5, 5.41) is 7.14. The van der Waals surface area contributed by atoms with E-state index in [1.165, 1.54) is 18.3 Å². The van der Waals surface area contributed by atoms with Gasteiger partial charge >= 0.3 is 7.17 Å². The van der Waals surface area contributed by atoms with E-state index in [1.807, 2.05) is 0 Å². The minimum Gasteiger partial charge on any atom is -0.553 e. The molecule has 1 heterocycles. The van der Waals surface area contributed by atoms with E-state index < -0.39 is 13.1 Å². The SMILES string of the molecule is [2H]B(Oc1c(C)ncc(C(=O)NCc2ccc(F)cc2)c1CO[3H])P=S. The van der Waals surface area contributed by atoms with Crippen molar-refractivity contribution in [2.45, 2.75) is 20.1 Å². The topological polar surface area (TPSA) is 71.5 Å². The molecule has 0 radical (unpaired) electrons. The molecule has 1 amide bonds. The van der Waals surface area contributed by atoms with E-state index in [2.05, 4.69) is 15.4 Å². The number of nitrogens with zero attached hydrogens (tertiary/aromatic N) is 1. The number of hydrogen-bond donors (Lipinski definition) is 2. The van der Waals surface area contributed by atoms with E-state index in [9.17, 15) is 9.18 Å². The number of halogens is 1. The van der Waals surface area contributed by atoms with Crippen LogP contribution in [0.4, 0.5) is 4.39 Å². The zero-order valence-corrected chi connectivity index (χ0v) is 14.5. The zero-order chi connectivity index (χ0) is 19.1. The first-order valence-corrected chi connectivity index (χ1v) is 8.94. The Labute approximate surface area is 149 Å². The second kappa shape index (κ2) is 8.82. The van der Waals surface area contributed by atoms with Crippen LogP contribution in [0.1, 0.15) is 27.2 Å². The molecule has 2 N–H and O–H groups in total. The van der Waals surface area contributed by atoms with Gasteiger partial charge in [0.2, 0.25) is 1.43 Å². The summed E-state index contributed by atoms with van der Waals surface area (Å²) >= 11 is 4.78. The highest BCUT2D eigenvalue weighted by Crippen LogP contribution is 2.26. The van der Waals surface area contributed by atoms with Crippen LogP contribution in [0.5, 0.6) is 5.75 Å². The number of aryl methyl sites for hydroxylation is 1. The maximum atomic E-state index is 12.9. The van der Waals surface area contributed by atoms with Gasteiger partial charge in [-0.1, -0.05) is 23.9 Å². The van der Waals surface area contributed by atoms with E-state index in [4.69, 9.17) is 19.2 Å². The van der Waals surface area contributed by atoms with Crippen LogP contribution in [0.15, 0.2) is 30.5 Å². The Hall–Kier alpha value is -1.89. The monoisotopic (exact) mass is 367 g/mol. The first kappa shape index (κ1) is 15.6. The van der Waals surface area contributed by atoms with Gasteiger partial charge in [-0.05, 0) is 31.9 Å². The van der Waals surface area contributed by atoms with Gasteiger partial charge in [-0.3, -0.25) is 9.78 Å². The van der Waals surface area contributed by atoms with Crippen LogP contribution < -0.4 is 9.97 Å². The summed E-state index contributed by atoms with van der Waals surface area (Å²) in [6.07, 6.45) is 1.36. The lowest BCUT2D eigenvalue weighted by molar-refractivity contribution is 0.0947. The molecular formula is C15H15BFN2O3PS. The van der Waals surface area contributed by atoms with E-state index in [0.29, 0.717) is 11.3 Å². The largest absolute Gasteiger partial charge is 0.553 e. The molecule has 9 heteroatoms. The second-order valence-electron chi connectivity index (χ2n) is 4.85. The molecule has 0 saturated carbocycles. The van der Waals surface area contributed by atoms with E-state index in [1.54, 1.807) is 19.1 Å². The Kier molecular flexibility index (Phi) is 5.75. The number of aliphatic hydroxyl groups excluding tert-OH is 1. The third-order valence-electron chi connectivity index (χ3n) is 3.28. The number of carbonyl (C=O) groups is 1. The second-order valence-corrected chi connectivity index (χ2v) is 5.90. The van der Waals surface area contributed by atoms with Crippen LogP contribution in [0.25, 0.3) is 0 Å². The fourth-order valence-electron chi connectivity index (χ4n) is 2.09. The molecule has 5 nitrogen and oxygen atoms in total. The van der Waals surface area contributed by atoms with Crippen molar-refractivity contribution in [3.8, 4) is 5.75 Å². The van der Waals surface area contributed by atoms with Crippen molar-refractivity contribution >= 4 is 32.1 Å². The van der Waals surface area contributed by atoms with Gasteiger partial charge in [0.1, 0.15) is 11.6 Å². The van der Waals surface area contributed by atoms with Crippen molar-refractivity contribution in [3.63, 3.8) is 0 Å². The number of rotatable bonds is 8. The molecule has 0 aliphatic heterocycles. The predicted octanol–water partition coefficient (Wildman–Crippen LogP) is 2.00. The molecule has 0 atom stereocenters. The highest BCUT2D eigenvalue weighted by Gasteiger charge is 2.18. The van der Waals surface area contributed by atoms with Crippen LogP contribution in [0, 0.1) is 12.7 Å². The number of benzene rings is 1. The van der Waals surface area contributed by atoms with Gasteiger partial charge in [-0.25, -0.2) is 4.39 Å². The number of carbonyl (C=O) groups excluding carboxylic acids is 1. The molecule has 0 aliphatic carbocycles. The van der Waals surface area contributed by atoms with Gasteiger partial charge in [-0.15, -0.1) is 0 Å². The lowest BCUT2D eigenvalue weighted by atomic mass is 10.1. The van der Waals surface area contributed by atoms with Crippen LogP contribution in [0.3, 0.4) is 0 Å². The Morgan fingerprint density at radius 1 is 1.62 bits per heavy atom. The number of amides is 1. The highest BCUT2D eigenvalue weighted by atomic mass is 32.4. The summed E-state index contributed by atoms with van der Waals surface area (Å²) in [5.74, 6) is -0.592. The van der Waals surface area contributed by atoms with Crippen molar-refractivity contribution in [1.82, 2.24) is 10.3 Å². The lowest BCUT2D eigenvalue weighted by Gasteiger charge is -2.15. The van der Waals surface area contributed by atoms with E-state index in [-0.39, 0.29) is 37.5 Å². The zero-order valence-electron chi connectivity index (χ0n) is 14.8. The number of aliphatic hydroxyl groups is 1. The lowest BCUT2D eigenvalue weighted by Crippen LogP contribution is -2.25. The smallest absolute Gasteiger partial charge is 0.409 e. The van der Waals surface area contributed by atoms with Gasteiger partial charge < -0.3 is 15.1 Å². The number of hydrogen-bond acceptors (Lipinski definition) is 5. The maximum Gasteiger partial charge on any atom is 0.409 e. The van der Waals surface area contributed by atoms with Crippen LogP contribution >= 0.6 is 7.23 Å². The van der Waals surface area contributed by atoms with Crippen molar-refractivity contribution in [1.29, 1.82) is 2.77 Å². The summed E-state index contributed by atoms with van der Waals surface area (Å²) in [6.45, 7) is 1.64. The molecule has 0 saturated heterocycles. The van der Waals surface area contributed by atoms with Gasteiger partial charge in [-0.2, -0.15) is 0 Å². The van der Waals surface area contributed by atoms with Gasteiger partial charge in [0.15, 0.2) is 0 Å². The van der Waals surface area contributed by atoms with Crippen LogP contribution in [-0.2, 0) is 25.0 Å². The third-order valence-corrected chi connectivity index (χ3v) is 3.73. The van der Waals surface area contributed by atoms with Gasteiger partial charge in [0.05, 0.1) is 17.9 Å². The molecule has 0 aliphatic rings. The number of pyridine rings is 1. The molecule has 0 bridgehead atoms. The standard InChI is InChI=1S/C15H15BFN2O3PS/c1-9-14(22-16-23-24)13(8-20)12(7-18-9)15(21)19-6-10-2-4-11(17)5-3-10/h2-5,7,16,20H,6,8H2,1H3,(H,19,21)/i16D,20T. The van der Waals surface area contributed by atoms with Crippen molar-refractivity contribution < 1.29 is 18.9 Å². The Balaban J connectivity index is 2.25. The summed E-state index contributed by atoms with van der Waals surface area (Å²) in [7, 11) is -0.739. The predicted molar refractivity (Wildman–Crippen MR) is 94.5 cm³/mol. The number of nitrogens with one attached hydrogen (secondary N) is 1. The summed E-state index contributed by atoms with van der Waals surface area (Å²) < 4.78 is 33.1. The van der Waals surface area contributed by atoms with Gasteiger partial charge in [0.25, 0.3) is 5.91 Å². The maximum absolute atomic E-state index is 12.9. The Morgan fingerprint density at radius 2 is 2.38 bits per heavy atom. The Morgan fingerprint density at radius 3 is 3.04 bits per heavy atom. The molecule has 1 aromatic carbocycles. The minimum absolute atomic E-state index is 0.174. The van der Waals surface area contributed by atoms with Crippen molar-refractivity contribution in [2.75, 3.05) is 0 Å². The van der Waals surface area contributed by atoms with E-state index in [0.717, 1.165) is 5.56 Å². The minimum atomic E-state index is -1.02. The van der Waals surface area contributed by atoms with Crippen LogP contribution in [-0.4, -0.2) is 25.9 Å². The summed E-state index contributed by atoms with van der Waals surface area (Å²) in [6, 6.07) is 5.75. The molecular weight excluding hydrogens is 349 g/mol. The Bertz CT molecular complexity index is 801. The summed E-state index contributed by atoms with van der Waals surface area (Å²) in [4.78, 5) is 16.7. The first-order chi connectivity index (χ1) is 12.5. The normalized spacial score (nSPS) is 11.6.